The molecule has 0 amide bonds. The van der Waals surface area contributed by atoms with E-state index in [2.05, 4.69) is 4.98 Å². The summed E-state index contributed by atoms with van der Waals surface area (Å²) in [7, 11) is 0. The zero-order valence-electron chi connectivity index (χ0n) is 5.50. The lowest BCUT2D eigenvalue weighted by Crippen LogP contribution is -1.71. The summed E-state index contributed by atoms with van der Waals surface area (Å²) >= 11 is 5.71. The average Bonchev–Trinajstić information content (AvgIpc) is 1.95. The molecule has 10 heavy (non-hydrogen) atoms. The van der Waals surface area contributed by atoms with Crippen LogP contribution in [-0.4, -0.2) is 0 Å². The second-order valence-corrected chi connectivity index (χ2v) is 2.44. The number of aryl methyl sites for hydroxylation is 1. The van der Waals surface area contributed by atoms with Crippen LogP contribution in [0, 0.1) is 12.3 Å². The Bertz CT molecular complexity index is 288. The van der Waals surface area contributed by atoms with Gasteiger partial charge in [-0.05, 0) is 18.6 Å². The Morgan fingerprint density at radius 1 is 1.50 bits per heavy atom. The van der Waals surface area contributed by atoms with Crippen LogP contribution in [0.4, 0.5) is 5.69 Å². The summed E-state index contributed by atoms with van der Waals surface area (Å²) in [5.41, 5.74) is 1.44. The van der Waals surface area contributed by atoms with Crippen molar-refractivity contribution in [3.63, 3.8) is 0 Å². The number of diazo groups is 1. The Labute approximate surface area is 64.1 Å². The van der Waals surface area contributed by atoms with Crippen LogP contribution in [0.2, 0.25) is 5.02 Å². The number of halogens is 1. The molecule has 1 aromatic carbocycles. The maximum absolute atomic E-state index is 8.33. The molecule has 0 fully saturated rings. The molecule has 0 aliphatic heterocycles. The van der Waals surface area contributed by atoms with Crippen LogP contribution >= 0.6 is 11.6 Å². The van der Waals surface area contributed by atoms with E-state index < -0.39 is 0 Å². The second kappa shape index (κ2) is 2.68. The first-order valence-corrected chi connectivity index (χ1v) is 3.23. The van der Waals surface area contributed by atoms with Gasteiger partial charge in [-0.1, -0.05) is 11.6 Å². The van der Waals surface area contributed by atoms with E-state index in [1.54, 1.807) is 18.2 Å². The lowest BCUT2D eigenvalue weighted by Gasteiger charge is -1.89. The first-order chi connectivity index (χ1) is 4.74. The van der Waals surface area contributed by atoms with Gasteiger partial charge in [0.15, 0.2) is 4.98 Å². The molecule has 0 spiro atoms. The summed E-state index contributed by atoms with van der Waals surface area (Å²) < 4.78 is 0. The highest BCUT2D eigenvalue weighted by Crippen LogP contribution is 2.20. The molecule has 0 unspecified atom stereocenters. The molecule has 0 atom stereocenters. The quantitative estimate of drug-likeness (QED) is 0.527. The van der Waals surface area contributed by atoms with Crippen molar-refractivity contribution in [1.82, 2.24) is 0 Å². The smallest absolute Gasteiger partial charge is 0.0840 e. The topological polar surface area (TPSA) is 28.1 Å². The van der Waals surface area contributed by atoms with Crippen molar-refractivity contribution >= 4 is 17.3 Å². The summed E-state index contributed by atoms with van der Waals surface area (Å²) in [6, 6.07) is 5.06. The van der Waals surface area contributed by atoms with Gasteiger partial charge in [-0.3, -0.25) is 0 Å². The van der Waals surface area contributed by atoms with Crippen LogP contribution in [0.15, 0.2) is 18.2 Å². The molecule has 0 radical (unpaired) electrons. The molecule has 0 saturated heterocycles. The van der Waals surface area contributed by atoms with Crippen LogP contribution in [-0.2, 0) is 0 Å². The molecule has 0 bridgehead atoms. The second-order valence-electron chi connectivity index (χ2n) is 2.03. The fourth-order valence-corrected chi connectivity index (χ4v) is 0.809. The van der Waals surface area contributed by atoms with E-state index in [0.29, 0.717) is 10.7 Å². The number of hydrogen-bond acceptors (Lipinski definition) is 1. The average molecular weight is 154 g/mol. The van der Waals surface area contributed by atoms with Crippen LogP contribution in [0.5, 0.6) is 0 Å². The van der Waals surface area contributed by atoms with Crippen molar-refractivity contribution in [2.75, 3.05) is 0 Å². The molecule has 50 valence electrons. The molecule has 0 heterocycles. The molecule has 0 aliphatic carbocycles. The SMILES string of the molecule is Cc1cc([N+]#N)ccc1Cl. The summed E-state index contributed by atoms with van der Waals surface area (Å²) in [4.78, 5) is 3.01. The Kier molecular flexibility index (Phi) is 1.88. The highest BCUT2D eigenvalue weighted by Gasteiger charge is 2.04. The number of hydrogen-bond donors (Lipinski definition) is 0. The van der Waals surface area contributed by atoms with Crippen LogP contribution in [0.25, 0.3) is 4.98 Å². The minimum Gasteiger partial charge on any atom is -0.0840 e. The third kappa shape index (κ3) is 1.26. The fourth-order valence-electron chi connectivity index (χ4n) is 0.691. The Balaban J connectivity index is 3.20. The van der Waals surface area contributed by atoms with Crippen molar-refractivity contribution in [2.45, 2.75) is 6.92 Å². The molecular formula is C7H6ClN2+. The van der Waals surface area contributed by atoms with Crippen molar-refractivity contribution in [3.8, 4) is 0 Å². The first-order valence-electron chi connectivity index (χ1n) is 2.85. The van der Waals surface area contributed by atoms with E-state index in [4.69, 9.17) is 17.0 Å². The number of nitrogens with zero attached hydrogens (tertiary/aromatic N) is 2. The first kappa shape index (κ1) is 7.04. The molecule has 0 aliphatic rings. The van der Waals surface area contributed by atoms with Gasteiger partial charge in [0, 0.05) is 17.2 Å². The van der Waals surface area contributed by atoms with Gasteiger partial charge in [0.2, 0.25) is 5.39 Å². The molecule has 0 N–H and O–H groups in total. The highest BCUT2D eigenvalue weighted by molar-refractivity contribution is 6.31. The van der Waals surface area contributed by atoms with E-state index in [-0.39, 0.29) is 0 Å². The molecule has 1 aromatic rings. The summed E-state index contributed by atoms with van der Waals surface area (Å²) in [6.45, 7) is 1.86. The maximum Gasteiger partial charge on any atom is 0.385 e. The lowest BCUT2D eigenvalue weighted by atomic mass is 10.2. The van der Waals surface area contributed by atoms with Crippen molar-refractivity contribution in [2.24, 2.45) is 0 Å². The van der Waals surface area contributed by atoms with E-state index in [9.17, 15) is 0 Å². The van der Waals surface area contributed by atoms with Gasteiger partial charge in [0.05, 0.1) is 0 Å². The number of benzene rings is 1. The molecule has 3 heteroatoms. The van der Waals surface area contributed by atoms with Gasteiger partial charge in [0.25, 0.3) is 0 Å². The Morgan fingerprint density at radius 2 is 2.20 bits per heavy atom. The minimum atomic E-state index is 0.530. The fraction of sp³-hybridized carbons (Fsp3) is 0.143. The normalized spacial score (nSPS) is 8.90. The van der Waals surface area contributed by atoms with Crippen molar-refractivity contribution in [1.29, 1.82) is 5.39 Å². The van der Waals surface area contributed by atoms with E-state index in [1.807, 2.05) is 6.92 Å². The van der Waals surface area contributed by atoms with Gasteiger partial charge in [-0.25, -0.2) is 0 Å². The number of rotatable bonds is 0. The van der Waals surface area contributed by atoms with Crippen LogP contribution in [0.3, 0.4) is 0 Å². The Hall–Kier alpha value is -1.07. The Morgan fingerprint density at radius 3 is 2.70 bits per heavy atom. The van der Waals surface area contributed by atoms with Crippen molar-refractivity contribution < 1.29 is 0 Å². The van der Waals surface area contributed by atoms with Gasteiger partial charge < -0.3 is 0 Å². The summed E-state index contributed by atoms with van der Waals surface area (Å²) in [5, 5.41) is 9.02. The van der Waals surface area contributed by atoms with Gasteiger partial charge in [0.1, 0.15) is 0 Å². The molecular weight excluding hydrogens is 148 g/mol. The minimum absolute atomic E-state index is 0.530. The third-order valence-corrected chi connectivity index (χ3v) is 1.68. The molecule has 0 aromatic heterocycles. The molecule has 2 nitrogen and oxygen atoms in total. The predicted octanol–water partition coefficient (Wildman–Crippen LogP) is 3.13. The zero-order chi connectivity index (χ0) is 7.56. The van der Waals surface area contributed by atoms with Crippen molar-refractivity contribution in [3.05, 3.63) is 33.8 Å². The van der Waals surface area contributed by atoms with E-state index in [0.717, 1.165) is 5.56 Å². The monoisotopic (exact) mass is 153 g/mol. The van der Waals surface area contributed by atoms with E-state index in [1.165, 1.54) is 0 Å². The lowest BCUT2D eigenvalue weighted by molar-refractivity contribution is 1.43. The van der Waals surface area contributed by atoms with Gasteiger partial charge >= 0.3 is 5.69 Å². The van der Waals surface area contributed by atoms with Crippen LogP contribution in [0.1, 0.15) is 5.56 Å². The maximum atomic E-state index is 8.33. The standard InChI is InChI=1S/C7H6ClN2/c1-5-4-6(10-9)2-3-7(5)8/h2-4H,1H3/q+1. The van der Waals surface area contributed by atoms with Crippen LogP contribution < -0.4 is 0 Å². The predicted molar refractivity (Wildman–Crippen MR) is 40.9 cm³/mol. The highest BCUT2D eigenvalue weighted by atomic mass is 35.5. The zero-order valence-corrected chi connectivity index (χ0v) is 6.26. The van der Waals surface area contributed by atoms with Gasteiger partial charge in [-0.15, -0.1) is 0 Å². The van der Waals surface area contributed by atoms with Gasteiger partial charge in [-0.2, -0.15) is 0 Å². The third-order valence-electron chi connectivity index (χ3n) is 1.26. The molecule has 0 saturated carbocycles. The summed E-state index contributed by atoms with van der Waals surface area (Å²) in [5.74, 6) is 0. The molecule has 1 rings (SSSR count). The van der Waals surface area contributed by atoms with E-state index >= 15 is 0 Å². The summed E-state index contributed by atoms with van der Waals surface area (Å²) in [6.07, 6.45) is 0. The largest absolute Gasteiger partial charge is 0.385 e.